The molecule has 2 N–H and O–H groups in total. The second-order valence-electron chi connectivity index (χ2n) is 8.83. The van der Waals surface area contributed by atoms with Crippen LogP contribution in [0.1, 0.15) is 28.8 Å². The summed E-state index contributed by atoms with van der Waals surface area (Å²) >= 11 is 5.92. The van der Waals surface area contributed by atoms with Crippen LogP contribution in [0.15, 0.2) is 48.8 Å². The summed E-state index contributed by atoms with van der Waals surface area (Å²) in [5.74, 6) is -2.34. The van der Waals surface area contributed by atoms with Crippen LogP contribution >= 0.6 is 11.6 Å². The molecule has 5 nitrogen and oxygen atoms in total. The molecule has 176 valence electrons. The van der Waals surface area contributed by atoms with Crippen molar-refractivity contribution in [3.05, 3.63) is 82.4 Å². The van der Waals surface area contributed by atoms with Gasteiger partial charge in [-0.05, 0) is 60.8 Å². The van der Waals surface area contributed by atoms with Crippen molar-refractivity contribution in [3.8, 4) is 11.1 Å². The van der Waals surface area contributed by atoms with E-state index in [1.165, 1.54) is 36.7 Å². The minimum atomic E-state index is -0.711. The van der Waals surface area contributed by atoms with Crippen molar-refractivity contribution in [2.24, 2.45) is 0 Å². The highest BCUT2D eigenvalue weighted by Gasteiger charge is 2.43. The van der Waals surface area contributed by atoms with E-state index in [0.717, 1.165) is 25.5 Å². The molecule has 0 radical (unpaired) electrons. The number of carbonyl (C=O) groups excluding carboxylic acids is 1. The number of anilines is 1. The fourth-order valence-electron chi connectivity index (χ4n) is 4.76. The van der Waals surface area contributed by atoms with Gasteiger partial charge in [0.1, 0.15) is 17.5 Å². The number of rotatable bonds is 5. The zero-order valence-corrected chi connectivity index (χ0v) is 18.9. The molecular weight excluding hydrogens is 465 g/mol. The van der Waals surface area contributed by atoms with Gasteiger partial charge in [0.15, 0.2) is 0 Å². The standard InChI is InChI=1S/C25H22ClF3N4O/c26-17-5-15(6-18(27)9-17)11-31-24(34)22-13-30-12-21(16-7-19(28)10-20(29)8-16)23(22)33-4-2-25(14-33)1-3-32-25/h5-10,12-13,32H,1-4,11,14H2,(H,31,34). The molecule has 2 aliphatic rings. The maximum absolute atomic E-state index is 14.0. The van der Waals surface area contributed by atoms with Crippen molar-refractivity contribution >= 4 is 23.2 Å². The Bertz CT molecular complexity index is 1220. The third-order valence-electron chi connectivity index (χ3n) is 6.48. The molecule has 34 heavy (non-hydrogen) atoms. The van der Waals surface area contributed by atoms with E-state index in [1.807, 2.05) is 0 Å². The summed E-state index contributed by atoms with van der Waals surface area (Å²) in [4.78, 5) is 19.5. The summed E-state index contributed by atoms with van der Waals surface area (Å²) in [7, 11) is 0. The molecule has 0 saturated carbocycles. The van der Waals surface area contributed by atoms with Gasteiger partial charge in [-0.3, -0.25) is 9.78 Å². The number of nitrogens with zero attached hydrogens (tertiary/aromatic N) is 2. The van der Waals surface area contributed by atoms with Crippen molar-refractivity contribution in [3.63, 3.8) is 0 Å². The minimum Gasteiger partial charge on any atom is -0.368 e. The third-order valence-corrected chi connectivity index (χ3v) is 6.70. The number of benzene rings is 2. The molecule has 0 bridgehead atoms. The predicted molar refractivity (Wildman–Crippen MR) is 124 cm³/mol. The van der Waals surface area contributed by atoms with Gasteiger partial charge in [0, 0.05) is 54.2 Å². The molecule has 3 heterocycles. The number of halogens is 4. The molecular formula is C25H22ClF3N4O. The van der Waals surface area contributed by atoms with E-state index >= 15 is 0 Å². The number of nitrogens with one attached hydrogen (secondary N) is 2. The summed E-state index contributed by atoms with van der Waals surface area (Å²) in [6, 6.07) is 7.32. The van der Waals surface area contributed by atoms with Crippen LogP contribution in [-0.4, -0.2) is 36.1 Å². The fraction of sp³-hybridized carbons (Fsp3) is 0.280. The highest BCUT2D eigenvalue weighted by Crippen LogP contribution is 2.40. The Balaban J connectivity index is 1.51. The number of carbonyl (C=O) groups is 1. The second kappa shape index (κ2) is 8.92. The Kier molecular flexibility index (Phi) is 5.95. The summed E-state index contributed by atoms with van der Waals surface area (Å²) < 4.78 is 41.8. The molecule has 5 rings (SSSR count). The lowest BCUT2D eigenvalue weighted by Gasteiger charge is -2.40. The molecule has 2 aromatic carbocycles. The summed E-state index contributed by atoms with van der Waals surface area (Å²) in [6.07, 6.45) is 4.89. The van der Waals surface area contributed by atoms with E-state index in [4.69, 9.17) is 11.6 Å². The first-order valence-electron chi connectivity index (χ1n) is 11.0. The van der Waals surface area contributed by atoms with Crippen molar-refractivity contribution < 1.29 is 18.0 Å². The molecule has 9 heteroatoms. The minimum absolute atomic E-state index is 0.0141. The van der Waals surface area contributed by atoms with E-state index in [-0.39, 0.29) is 22.7 Å². The van der Waals surface area contributed by atoms with E-state index in [9.17, 15) is 18.0 Å². The molecule has 2 aliphatic heterocycles. The maximum atomic E-state index is 14.0. The quantitative estimate of drug-likeness (QED) is 0.549. The van der Waals surface area contributed by atoms with Crippen LogP contribution in [0.3, 0.4) is 0 Å². The number of aromatic nitrogens is 1. The van der Waals surface area contributed by atoms with Gasteiger partial charge in [-0.1, -0.05) is 11.6 Å². The van der Waals surface area contributed by atoms with E-state index in [2.05, 4.69) is 20.5 Å². The first-order valence-corrected chi connectivity index (χ1v) is 11.4. The van der Waals surface area contributed by atoms with Crippen LogP contribution in [0.4, 0.5) is 18.9 Å². The molecule has 1 amide bonds. The van der Waals surface area contributed by atoms with Gasteiger partial charge < -0.3 is 15.5 Å². The normalized spacial score (nSPS) is 19.4. The van der Waals surface area contributed by atoms with Gasteiger partial charge in [0.25, 0.3) is 5.91 Å². The Morgan fingerprint density at radius 2 is 1.79 bits per heavy atom. The largest absolute Gasteiger partial charge is 0.368 e. The average Bonchev–Trinajstić information content (AvgIpc) is 3.22. The lowest BCUT2D eigenvalue weighted by Crippen LogP contribution is -2.58. The van der Waals surface area contributed by atoms with Gasteiger partial charge in [-0.2, -0.15) is 0 Å². The number of hydrogen-bond acceptors (Lipinski definition) is 4. The number of hydrogen-bond donors (Lipinski definition) is 2. The fourth-order valence-corrected chi connectivity index (χ4v) is 5.01. The second-order valence-corrected chi connectivity index (χ2v) is 9.27. The van der Waals surface area contributed by atoms with Crippen molar-refractivity contribution in [2.45, 2.75) is 24.9 Å². The van der Waals surface area contributed by atoms with Crippen molar-refractivity contribution in [1.29, 1.82) is 0 Å². The van der Waals surface area contributed by atoms with Gasteiger partial charge in [0.2, 0.25) is 0 Å². The first kappa shape index (κ1) is 22.7. The van der Waals surface area contributed by atoms with Crippen LogP contribution in [0.25, 0.3) is 11.1 Å². The van der Waals surface area contributed by atoms with Gasteiger partial charge in [-0.25, -0.2) is 13.2 Å². The molecule has 1 spiro atoms. The molecule has 0 aliphatic carbocycles. The lowest BCUT2D eigenvalue weighted by molar-refractivity contribution is 0.0951. The number of amides is 1. The van der Waals surface area contributed by atoms with Gasteiger partial charge in [0.05, 0.1) is 11.3 Å². The van der Waals surface area contributed by atoms with Crippen LogP contribution in [0.2, 0.25) is 5.02 Å². The molecule has 2 fully saturated rings. The van der Waals surface area contributed by atoms with Crippen LogP contribution < -0.4 is 15.5 Å². The molecule has 1 aromatic heterocycles. The zero-order valence-electron chi connectivity index (χ0n) is 18.2. The topological polar surface area (TPSA) is 57.3 Å². The average molecular weight is 487 g/mol. The van der Waals surface area contributed by atoms with Crippen molar-refractivity contribution in [2.75, 3.05) is 24.5 Å². The Hall–Kier alpha value is -3.10. The summed E-state index contributed by atoms with van der Waals surface area (Å²) in [5, 5.41) is 6.50. The Labute approximate surface area is 199 Å². The Morgan fingerprint density at radius 3 is 2.44 bits per heavy atom. The van der Waals surface area contributed by atoms with E-state index < -0.39 is 23.4 Å². The summed E-state index contributed by atoms with van der Waals surface area (Å²) in [5.41, 5.74) is 2.11. The highest BCUT2D eigenvalue weighted by atomic mass is 35.5. The van der Waals surface area contributed by atoms with Crippen molar-refractivity contribution in [1.82, 2.24) is 15.6 Å². The van der Waals surface area contributed by atoms with E-state index in [1.54, 1.807) is 6.07 Å². The van der Waals surface area contributed by atoms with E-state index in [0.29, 0.717) is 35.5 Å². The molecule has 1 unspecified atom stereocenters. The first-order chi connectivity index (χ1) is 16.3. The summed E-state index contributed by atoms with van der Waals surface area (Å²) in [6.45, 7) is 2.35. The Morgan fingerprint density at radius 1 is 1.06 bits per heavy atom. The third kappa shape index (κ3) is 4.48. The van der Waals surface area contributed by atoms with Gasteiger partial charge >= 0.3 is 0 Å². The SMILES string of the molecule is O=C(NCc1cc(F)cc(Cl)c1)c1cncc(-c2cc(F)cc(F)c2)c1N1CCC2(CCN2)C1. The van der Waals surface area contributed by atoms with Gasteiger partial charge in [-0.15, -0.1) is 0 Å². The maximum Gasteiger partial charge on any atom is 0.255 e. The lowest BCUT2D eigenvalue weighted by atomic mass is 9.87. The monoisotopic (exact) mass is 486 g/mol. The molecule has 3 aromatic rings. The highest BCUT2D eigenvalue weighted by molar-refractivity contribution is 6.30. The molecule has 2 saturated heterocycles. The zero-order chi connectivity index (χ0) is 23.9. The number of pyridine rings is 1. The smallest absolute Gasteiger partial charge is 0.255 e. The van der Waals surface area contributed by atoms with Crippen LogP contribution in [0.5, 0.6) is 0 Å². The molecule has 1 atom stereocenters. The van der Waals surface area contributed by atoms with Crippen LogP contribution in [0, 0.1) is 17.5 Å². The van der Waals surface area contributed by atoms with Crippen LogP contribution in [-0.2, 0) is 6.54 Å². The predicted octanol–water partition coefficient (Wildman–Crippen LogP) is 4.69.